The summed E-state index contributed by atoms with van der Waals surface area (Å²) in [6.45, 7) is 5.33. The topological polar surface area (TPSA) is 75.0 Å². The molecule has 0 radical (unpaired) electrons. The van der Waals surface area contributed by atoms with Crippen LogP contribution < -0.4 is 15.0 Å². The number of anilines is 1. The van der Waals surface area contributed by atoms with Crippen LogP contribution in [-0.4, -0.2) is 65.9 Å². The fourth-order valence-corrected chi connectivity index (χ4v) is 3.07. The molecule has 0 atom stereocenters. The molecule has 1 aromatic carbocycles. The Morgan fingerprint density at radius 2 is 2.07 bits per heavy atom. The molecule has 164 valence electrons. The largest absolute Gasteiger partial charge is 0.494 e. The van der Waals surface area contributed by atoms with Crippen molar-refractivity contribution in [3.63, 3.8) is 0 Å². The fraction of sp³-hybridized carbons (Fsp3) is 0.450. The van der Waals surface area contributed by atoms with E-state index in [2.05, 4.69) is 15.4 Å². The third kappa shape index (κ3) is 6.57. The zero-order chi connectivity index (χ0) is 20.6. The molecule has 1 N–H and O–H groups in total. The van der Waals surface area contributed by atoms with Crippen LogP contribution in [0.3, 0.4) is 0 Å². The first-order valence-electron chi connectivity index (χ1n) is 9.77. The van der Waals surface area contributed by atoms with Gasteiger partial charge in [0.25, 0.3) is 0 Å². The Labute approximate surface area is 193 Å². The number of piperazine rings is 1. The Kier molecular flexibility index (Phi) is 9.34. The number of rotatable bonds is 7. The number of ether oxygens (including phenoxy) is 1. The molecule has 3 rings (SSSR count). The average molecular weight is 530 g/mol. The van der Waals surface area contributed by atoms with E-state index in [4.69, 9.17) is 4.74 Å². The van der Waals surface area contributed by atoms with Crippen LogP contribution in [0, 0.1) is 5.82 Å². The van der Waals surface area contributed by atoms with Crippen LogP contribution in [0.2, 0.25) is 0 Å². The Hall–Kier alpha value is -2.37. The molecule has 30 heavy (non-hydrogen) atoms. The number of aliphatic imine (C=N–C) groups is 1. The second kappa shape index (κ2) is 11.7. The third-order valence-electron chi connectivity index (χ3n) is 4.50. The standard InChI is InChI=1S/C20H27FN6O2.HI/c1-3-22-20(23-9-4-12-29-18-7-5-16(21)6-8-18)26-10-11-27(19(28)15-26)17-13-24-25(2)14-17;/h5-8,13-14H,3-4,9-12,15H2,1-2H3,(H,22,23);1H. The molecule has 1 saturated heterocycles. The fourth-order valence-electron chi connectivity index (χ4n) is 3.07. The first-order chi connectivity index (χ1) is 14.1. The summed E-state index contributed by atoms with van der Waals surface area (Å²) in [5.41, 5.74) is 0.817. The number of nitrogens with zero attached hydrogens (tertiary/aromatic N) is 5. The molecule has 0 bridgehead atoms. The number of aryl methyl sites for hydroxylation is 1. The number of hydrogen-bond donors (Lipinski definition) is 1. The lowest BCUT2D eigenvalue weighted by molar-refractivity contribution is -0.120. The zero-order valence-electron chi connectivity index (χ0n) is 17.3. The monoisotopic (exact) mass is 530 g/mol. The SMILES string of the molecule is CCNC(=NCCCOc1ccc(F)cc1)N1CCN(c2cnn(C)c2)C(=O)C1.I. The lowest BCUT2D eigenvalue weighted by atomic mass is 10.3. The van der Waals surface area contributed by atoms with E-state index in [1.54, 1.807) is 27.9 Å². The van der Waals surface area contributed by atoms with Crippen molar-refractivity contribution in [2.24, 2.45) is 12.0 Å². The molecule has 0 spiro atoms. The second-order valence-electron chi connectivity index (χ2n) is 6.73. The summed E-state index contributed by atoms with van der Waals surface area (Å²) in [6, 6.07) is 5.96. The predicted molar refractivity (Wildman–Crippen MR) is 125 cm³/mol. The van der Waals surface area contributed by atoms with Gasteiger partial charge in [0.05, 0.1) is 18.5 Å². The van der Waals surface area contributed by atoms with Crippen molar-refractivity contribution in [3.05, 3.63) is 42.5 Å². The molecule has 1 fully saturated rings. The number of amides is 1. The summed E-state index contributed by atoms with van der Waals surface area (Å²) < 4.78 is 20.2. The van der Waals surface area contributed by atoms with Gasteiger partial charge in [-0.15, -0.1) is 24.0 Å². The van der Waals surface area contributed by atoms with Crippen molar-refractivity contribution < 1.29 is 13.9 Å². The summed E-state index contributed by atoms with van der Waals surface area (Å²) in [5, 5.41) is 7.39. The number of carbonyl (C=O) groups excluding carboxylic acids is 1. The number of aromatic nitrogens is 2. The van der Waals surface area contributed by atoms with Gasteiger partial charge in [-0.05, 0) is 31.2 Å². The molecule has 0 unspecified atom stereocenters. The van der Waals surface area contributed by atoms with Crippen LogP contribution in [0.5, 0.6) is 5.75 Å². The van der Waals surface area contributed by atoms with Gasteiger partial charge in [0.2, 0.25) is 5.91 Å². The van der Waals surface area contributed by atoms with Crippen molar-refractivity contribution in [2.75, 3.05) is 44.2 Å². The molecule has 1 aliphatic rings. The van der Waals surface area contributed by atoms with E-state index in [0.717, 1.165) is 24.6 Å². The highest BCUT2D eigenvalue weighted by molar-refractivity contribution is 14.0. The van der Waals surface area contributed by atoms with Crippen LogP contribution >= 0.6 is 24.0 Å². The zero-order valence-corrected chi connectivity index (χ0v) is 19.6. The van der Waals surface area contributed by atoms with Gasteiger partial charge in [-0.25, -0.2) is 4.39 Å². The van der Waals surface area contributed by atoms with Crippen LogP contribution in [0.15, 0.2) is 41.7 Å². The minimum Gasteiger partial charge on any atom is -0.494 e. The normalized spacial score (nSPS) is 14.5. The molecule has 1 amide bonds. The van der Waals surface area contributed by atoms with Crippen molar-refractivity contribution in [1.82, 2.24) is 20.0 Å². The molecule has 8 nitrogen and oxygen atoms in total. The second-order valence-corrected chi connectivity index (χ2v) is 6.73. The van der Waals surface area contributed by atoms with Gasteiger partial charge in [-0.3, -0.25) is 14.5 Å². The van der Waals surface area contributed by atoms with Crippen molar-refractivity contribution in [2.45, 2.75) is 13.3 Å². The Morgan fingerprint density at radius 1 is 1.30 bits per heavy atom. The van der Waals surface area contributed by atoms with Crippen molar-refractivity contribution >= 4 is 41.5 Å². The molecule has 0 saturated carbocycles. The number of guanidine groups is 1. The van der Waals surface area contributed by atoms with Gasteiger partial charge < -0.3 is 19.9 Å². The van der Waals surface area contributed by atoms with E-state index in [1.807, 2.05) is 25.1 Å². The van der Waals surface area contributed by atoms with E-state index < -0.39 is 0 Å². The van der Waals surface area contributed by atoms with Gasteiger partial charge in [0.1, 0.15) is 18.1 Å². The number of hydrogen-bond acceptors (Lipinski definition) is 4. The van der Waals surface area contributed by atoms with Gasteiger partial charge >= 0.3 is 0 Å². The molecule has 0 aliphatic carbocycles. The van der Waals surface area contributed by atoms with Gasteiger partial charge in [-0.1, -0.05) is 0 Å². The van der Waals surface area contributed by atoms with E-state index in [0.29, 0.717) is 32.0 Å². The molecular weight excluding hydrogens is 502 g/mol. The maximum absolute atomic E-state index is 12.9. The first kappa shape index (κ1) is 23.9. The molecule has 1 aliphatic heterocycles. The summed E-state index contributed by atoms with van der Waals surface area (Å²) in [7, 11) is 1.83. The van der Waals surface area contributed by atoms with Gasteiger partial charge in [0.15, 0.2) is 5.96 Å². The molecule has 1 aromatic heterocycles. The molecular formula is C20H28FIN6O2. The predicted octanol–water partition coefficient (Wildman–Crippen LogP) is 2.26. The average Bonchev–Trinajstić information content (AvgIpc) is 3.14. The summed E-state index contributed by atoms with van der Waals surface area (Å²) in [6.07, 6.45) is 4.26. The third-order valence-corrected chi connectivity index (χ3v) is 4.50. The lowest BCUT2D eigenvalue weighted by Gasteiger charge is -2.35. The van der Waals surface area contributed by atoms with Crippen LogP contribution in [0.1, 0.15) is 13.3 Å². The van der Waals surface area contributed by atoms with Crippen molar-refractivity contribution in [3.8, 4) is 5.75 Å². The first-order valence-corrected chi connectivity index (χ1v) is 9.77. The van der Waals surface area contributed by atoms with Gasteiger partial charge in [-0.2, -0.15) is 5.10 Å². The summed E-state index contributed by atoms with van der Waals surface area (Å²) in [5.74, 6) is 1.11. The highest BCUT2D eigenvalue weighted by Gasteiger charge is 2.27. The van der Waals surface area contributed by atoms with E-state index in [-0.39, 0.29) is 42.2 Å². The number of nitrogens with one attached hydrogen (secondary N) is 1. The Bertz CT molecular complexity index is 842. The van der Waals surface area contributed by atoms with Crippen LogP contribution in [0.25, 0.3) is 0 Å². The molecule has 2 heterocycles. The number of carbonyl (C=O) groups is 1. The van der Waals surface area contributed by atoms with Gasteiger partial charge in [0, 0.05) is 45.8 Å². The summed E-state index contributed by atoms with van der Waals surface area (Å²) in [4.78, 5) is 20.9. The maximum atomic E-state index is 12.9. The quantitative estimate of drug-likeness (QED) is 0.258. The molecule has 10 heteroatoms. The smallest absolute Gasteiger partial charge is 0.246 e. The maximum Gasteiger partial charge on any atom is 0.246 e. The Balaban J connectivity index is 0.00000320. The van der Waals surface area contributed by atoms with E-state index in [9.17, 15) is 9.18 Å². The van der Waals surface area contributed by atoms with Crippen LogP contribution in [0.4, 0.5) is 10.1 Å². The molecule has 2 aromatic rings. The minimum absolute atomic E-state index is 0. The highest BCUT2D eigenvalue weighted by Crippen LogP contribution is 2.16. The van der Waals surface area contributed by atoms with Crippen LogP contribution in [-0.2, 0) is 11.8 Å². The Morgan fingerprint density at radius 3 is 2.70 bits per heavy atom. The number of benzene rings is 1. The highest BCUT2D eigenvalue weighted by atomic mass is 127. The van der Waals surface area contributed by atoms with Crippen molar-refractivity contribution in [1.29, 1.82) is 0 Å². The van der Waals surface area contributed by atoms with E-state index >= 15 is 0 Å². The number of halogens is 2. The summed E-state index contributed by atoms with van der Waals surface area (Å²) >= 11 is 0. The van der Waals surface area contributed by atoms with E-state index in [1.165, 1.54) is 12.1 Å². The minimum atomic E-state index is -0.282. The lowest BCUT2D eigenvalue weighted by Crippen LogP contribution is -2.55.